The first-order valence-corrected chi connectivity index (χ1v) is 5.83. The fourth-order valence-electron chi connectivity index (χ4n) is 1.36. The summed E-state index contributed by atoms with van der Waals surface area (Å²) >= 11 is 3.45. The van der Waals surface area contributed by atoms with E-state index in [-0.39, 0.29) is 0 Å². The number of para-hydroxylation sites is 1. The molecule has 2 nitrogen and oxygen atoms in total. The molecule has 0 amide bonds. The highest BCUT2D eigenvalue weighted by Gasteiger charge is 2.03. The Morgan fingerprint density at radius 1 is 1.19 bits per heavy atom. The van der Waals surface area contributed by atoms with Crippen molar-refractivity contribution in [1.29, 1.82) is 0 Å². The van der Waals surface area contributed by atoms with Crippen molar-refractivity contribution in [3.8, 4) is 5.75 Å². The van der Waals surface area contributed by atoms with E-state index in [1.54, 1.807) is 6.20 Å². The lowest BCUT2D eigenvalue weighted by Gasteiger charge is -2.08. The van der Waals surface area contributed by atoms with Crippen LogP contribution in [0.4, 0.5) is 0 Å². The summed E-state index contributed by atoms with van der Waals surface area (Å²) in [5.74, 6) is 0.877. The molecule has 0 saturated heterocycles. The van der Waals surface area contributed by atoms with Gasteiger partial charge in [0.1, 0.15) is 12.4 Å². The average molecular weight is 278 g/mol. The summed E-state index contributed by atoms with van der Waals surface area (Å²) in [7, 11) is 0. The van der Waals surface area contributed by atoms with Gasteiger partial charge >= 0.3 is 0 Å². The molecule has 0 aliphatic heterocycles. The maximum absolute atomic E-state index is 5.67. The number of halogens is 1. The van der Waals surface area contributed by atoms with E-state index in [1.165, 1.54) is 5.56 Å². The third-order valence-corrected chi connectivity index (χ3v) is 3.20. The molecule has 0 saturated carbocycles. The van der Waals surface area contributed by atoms with Gasteiger partial charge in [-0.1, -0.05) is 18.2 Å². The summed E-state index contributed by atoms with van der Waals surface area (Å²) in [6.07, 6.45) is 3.63. The fourth-order valence-corrected chi connectivity index (χ4v) is 1.74. The standard InChI is InChI=1S/C13H12BrNO/c1-10-11(7-15-8-13(10)14)9-16-12-5-3-2-4-6-12/h2-8H,9H2,1H3. The van der Waals surface area contributed by atoms with E-state index in [2.05, 4.69) is 27.8 Å². The van der Waals surface area contributed by atoms with E-state index in [4.69, 9.17) is 4.74 Å². The highest BCUT2D eigenvalue weighted by Crippen LogP contribution is 2.19. The Bertz CT molecular complexity index is 471. The van der Waals surface area contributed by atoms with Crippen LogP contribution in [0.15, 0.2) is 47.2 Å². The maximum Gasteiger partial charge on any atom is 0.119 e. The lowest BCUT2D eigenvalue weighted by atomic mass is 10.2. The number of rotatable bonds is 3. The van der Waals surface area contributed by atoms with Crippen LogP contribution in [0, 0.1) is 6.92 Å². The smallest absolute Gasteiger partial charge is 0.119 e. The van der Waals surface area contributed by atoms with Gasteiger partial charge in [0.05, 0.1) is 0 Å². The van der Waals surface area contributed by atoms with E-state index in [0.29, 0.717) is 6.61 Å². The monoisotopic (exact) mass is 277 g/mol. The van der Waals surface area contributed by atoms with Crippen molar-refractivity contribution in [3.63, 3.8) is 0 Å². The summed E-state index contributed by atoms with van der Waals surface area (Å²) in [4.78, 5) is 4.13. The first-order chi connectivity index (χ1) is 7.77. The van der Waals surface area contributed by atoms with Crippen LogP contribution in [0.25, 0.3) is 0 Å². The van der Waals surface area contributed by atoms with Gasteiger partial charge in [0, 0.05) is 22.4 Å². The molecule has 1 aromatic heterocycles. The number of benzene rings is 1. The lowest BCUT2D eigenvalue weighted by Crippen LogP contribution is -1.99. The van der Waals surface area contributed by atoms with Gasteiger partial charge in [-0.25, -0.2) is 0 Å². The average Bonchev–Trinajstić information content (AvgIpc) is 2.32. The minimum absolute atomic E-state index is 0.544. The summed E-state index contributed by atoms with van der Waals surface area (Å²) in [6, 6.07) is 9.78. The van der Waals surface area contributed by atoms with Crippen LogP contribution in [0.2, 0.25) is 0 Å². The second-order valence-corrected chi connectivity index (χ2v) is 4.36. The van der Waals surface area contributed by atoms with Crippen LogP contribution in [0.1, 0.15) is 11.1 Å². The Hall–Kier alpha value is -1.35. The molecular weight excluding hydrogens is 266 g/mol. The molecule has 0 unspecified atom stereocenters. The molecule has 0 atom stereocenters. The molecule has 1 heterocycles. The van der Waals surface area contributed by atoms with Crippen molar-refractivity contribution in [2.24, 2.45) is 0 Å². The molecule has 1 aromatic carbocycles. The molecule has 2 aromatic rings. The van der Waals surface area contributed by atoms with Crippen molar-refractivity contribution in [3.05, 3.63) is 58.3 Å². The number of aromatic nitrogens is 1. The maximum atomic E-state index is 5.67. The highest BCUT2D eigenvalue weighted by atomic mass is 79.9. The molecule has 82 valence electrons. The fraction of sp³-hybridized carbons (Fsp3) is 0.154. The first-order valence-electron chi connectivity index (χ1n) is 5.04. The Morgan fingerprint density at radius 2 is 1.94 bits per heavy atom. The van der Waals surface area contributed by atoms with Crippen molar-refractivity contribution >= 4 is 15.9 Å². The van der Waals surface area contributed by atoms with E-state index in [9.17, 15) is 0 Å². The third kappa shape index (κ3) is 2.61. The molecular formula is C13H12BrNO. The van der Waals surface area contributed by atoms with Crippen LogP contribution in [-0.4, -0.2) is 4.98 Å². The van der Waals surface area contributed by atoms with E-state index >= 15 is 0 Å². The highest BCUT2D eigenvalue weighted by molar-refractivity contribution is 9.10. The zero-order chi connectivity index (χ0) is 11.4. The van der Waals surface area contributed by atoms with Crippen LogP contribution in [-0.2, 0) is 6.61 Å². The third-order valence-electron chi connectivity index (χ3n) is 2.40. The molecule has 16 heavy (non-hydrogen) atoms. The molecule has 0 radical (unpaired) electrons. The zero-order valence-electron chi connectivity index (χ0n) is 8.98. The van der Waals surface area contributed by atoms with Gasteiger partial charge in [-0.2, -0.15) is 0 Å². The Labute approximate surface area is 103 Å². The second-order valence-electron chi connectivity index (χ2n) is 3.51. The molecule has 0 N–H and O–H groups in total. The van der Waals surface area contributed by atoms with E-state index in [0.717, 1.165) is 15.8 Å². The van der Waals surface area contributed by atoms with Crippen molar-refractivity contribution in [2.75, 3.05) is 0 Å². The molecule has 0 aliphatic rings. The summed E-state index contributed by atoms with van der Waals surface area (Å²) in [5.41, 5.74) is 2.27. The van der Waals surface area contributed by atoms with Crippen LogP contribution >= 0.6 is 15.9 Å². The van der Waals surface area contributed by atoms with Gasteiger partial charge < -0.3 is 4.74 Å². The summed E-state index contributed by atoms with van der Waals surface area (Å²) in [6.45, 7) is 2.59. The quantitative estimate of drug-likeness (QED) is 0.853. The Morgan fingerprint density at radius 3 is 2.69 bits per heavy atom. The van der Waals surface area contributed by atoms with Crippen LogP contribution < -0.4 is 4.74 Å². The second kappa shape index (κ2) is 5.12. The first kappa shape index (κ1) is 11.1. The number of ether oxygens (including phenoxy) is 1. The number of hydrogen-bond acceptors (Lipinski definition) is 2. The topological polar surface area (TPSA) is 22.1 Å². The Kier molecular flexibility index (Phi) is 3.57. The number of nitrogens with zero attached hydrogens (tertiary/aromatic N) is 1. The Balaban J connectivity index is 2.08. The predicted octanol–water partition coefficient (Wildman–Crippen LogP) is 3.73. The van der Waals surface area contributed by atoms with Gasteiger partial charge in [0.25, 0.3) is 0 Å². The molecule has 0 aliphatic carbocycles. The minimum Gasteiger partial charge on any atom is -0.489 e. The molecule has 0 bridgehead atoms. The lowest BCUT2D eigenvalue weighted by molar-refractivity contribution is 0.305. The SMILES string of the molecule is Cc1c(Br)cncc1COc1ccccc1. The molecule has 3 heteroatoms. The van der Waals surface area contributed by atoms with Crippen LogP contribution in [0.3, 0.4) is 0 Å². The predicted molar refractivity (Wildman–Crippen MR) is 67.4 cm³/mol. The van der Waals surface area contributed by atoms with Gasteiger partial charge in [-0.15, -0.1) is 0 Å². The number of hydrogen-bond donors (Lipinski definition) is 0. The van der Waals surface area contributed by atoms with E-state index < -0.39 is 0 Å². The van der Waals surface area contributed by atoms with Gasteiger partial charge in [-0.05, 0) is 40.5 Å². The molecule has 0 fully saturated rings. The molecule has 2 rings (SSSR count). The normalized spacial score (nSPS) is 10.1. The van der Waals surface area contributed by atoms with Crippen molar-refractivity contribution in [1.82, 2.24) is 4.98 Å². The zero-order valence-corrected chi connectivity index (χ0v) is 10.6. The van der Waals surface area contributed by atoms with Crippen molar-refractivity contribution in [2.45, 2.75) is 13.5 Å². The summed E-state index contributed by atoms with van der Waals surface area (Å²) in [5, 5.41) is 0. The number of pyridine rings is 1. The van der Waals surface area contributed by atoms with Gasteiger partial charge in [0.15, 0.2) is 0 Å². The summed E-state index contributed by atoms with van der Waals surface area (Å²) < 4.78 is 6.68. The largest absolute Gasteiger partial charge is 0.489 e. The minimum atomic E-state index is 0.544. The van der Waals surface area contributed by atoms with Crippen molar-refractivity contribution < 1.29 is 4.74 Å². The van der Waals surface area contributed by atoms with E-state index in [1.807, 2.05) is 36.5 Å². The van der Waals surface area contributed by atoms with Crippen LogP contribution in [0.5, 0.6) is 5.75 Å². The van der Waals surface area contributed by atoms with Gasteiger partial charge in [-0.3, -0.25) is 4.98 Å². The van der Waals surface area contributed by atoms with Gasteiger partial charge in [0.2, 0.25) is 0 Å². The molecule has 0 spiro atoms.